The van der Waals surface area contributed by atoms with E-state index in [4.69, 9.17) is 11.6 Å². The third-order valence-electron chi connectivity index (χ3n) is 4.04. The lowest BCUT2D eigenvalue weighted by molar-refractivity contribution is -0.138. The molecule has 1 N–H and O–H groups in total. The van der Waals surface area contributed by atoms with Crippen molar-refractivity contribution in [3.63, 3.8) is 0 Å². The number of carbonyl (C=O) groups is 2. The van der Waals surface area contributed by atoms with Gasteiger partial charge in [0.2, 0.25) is 5.91 Å². The Morgan fingerprint density at radius 1 is 1.29 bits per heavy atom. The topological polar surface area (TPSA) is 49.4 Å². The van der Waals surface area contributed by atoms with E-state index in [9.17, 15) is 9.59 Å². The Kier molecular flexibility index (Phi) is 5.23. The first-order valence-corrected chi connectivity index (χ1v) is 7.76. The van der Waals surface area contributed by atoms with Crippen molar-refractivity contribution >= 4 is 23.4 Å². The van der Waals surface area contributed by atoms with Gasteiger partial charge in [0.15, 0.2) is 0 Å². The first kappa shape index (κ1) is 15.8. The molecule has 114 valence electrons. The molecule has 0 spiro atoms. The second kappa shape index (κ2) is 6.94. The van der Waals surface area contributed by atoms with Crippen LogP contribution in [0.5, 0.6) is 0 Å². The van der Waals surface area contributed by atoms with Crippen LogP contribution in [-0.4, -0.2) is 35.8 Å². The van der Waals surface area contributed by atoms with E-state index in [0.29, 0.717) is 10.6 Å². The summed E-state index contributed by atoms with van der Waals surface area (Å²) in [5.41, 5.74) is 0.518. The lowest BCUT2D eigenvalue weighted by Crippen LogP contribution is -2.55. The summed E-state index contributed by atoms with van der Waals surface area (Å²) >= 11 is 5.82. The van der Waals surface area contributed by atoms with Gasteiger partial charge in [0.1, 0.15) is 6.04 Å². The van der Waals surface area contributed by atoms with Crippen LogP contribution in [0.3, 0.4) is 0 Å². The van der Waals surface area contributed by atoms with Crippen LogP contribution in [-0.2, 0) is 4.79 Å². The molecule has 1 aliphatic heterocycles. The van der Waals surface area contributed by atoms with Crippen LogP contribution in [0, 0.1) is 5.92 Å². The molecule has 0 aromatic heterocycles. The predicted octanol–water partition coefficient (Wildman–Crippen LogP) is 2.72. The SMILES string of the molecule is CCC(C)C(NC(=O)c1ccc(Cl)cc1)C(=O)N1CCC1. The number of halogens is 1. The van der Waals surface area contributed by atoms with Crippen molar-refractivity contribution in [2.45, 2.75) is 32.7 Å². The molecule has 1 saturated heterocycles. The summed E-state index contributed by atoms with van der Waals surface area (Å²) < 4.78 is 0. The summed E-state index contributed by atoms with van der Waals surface area (Å²) in [6, 6.07) is 6.22. The highest BCUT2D eigenvalue weighted by Crippen LogP contribution is 2.16. The third-order valence-corrected chi connectivity index (χ3v) is 4.29. The van der Waals surface area contributed by atoms with Crippen molar-refractivity contribution < 1.29 is 9.59 Å². The molecule has 1 aromatic rings. The summed E-state index contributed by atoms with van der Waals surface area (Å²) in [6.45, 7) is 5.60. The second-order valence-corrected chi connectivity index (χ2v) is 5.96. The fraction of sp³-hybridized carbons (Fsp3) is 0.500. The van der Waals surface area contributed by atoms with Gasteiger partial charge in [-0.3, -0.25) is 9.59 Å². The Morgan fingerprint density at radius 2 is 1.90 bits per heavy atom. The van der Waals surface area contributed by atoms with Crippen LogP contribution in [0.15, 0.2) is 24.3 Å². The van der Waals surface area contributed by atoms with E-state index in [2.05, 4.69) is 5.32 Å². The highest BCUT2D eigenvalue weighted by Gasteiger charge is 2.32. The van der Waals surface area contributed by atoms with E-state index in [0.717, 1.165) is 25.9 Å². The molecule has 2 amide bonds. The van der Waals surface area contributed by atoms with Crippen LogP contribution < -0.4 is 5.32 Å². The lowest BCUT2D eigenvalue weighted by Gasteiger charge is -2.36. The standard InChI is InChI=1S/C16H21ClN2O2/c1-3-11(2)14(16(21)19-9-4-10-19)18-15(20)12-5-7-13(17)8-6-12/h5-8,11,14H,3-4,9-10H2,1-2H3,(H,18,20). The van der Waals surface area contributed by atoms with E-state index in [1.165, 1.54) is 0 Å². The molecule has 1 fully saturated rings. The van der Waals surface area contributed by atoms with Crippen molar-refractivity contribution in [2.24, 2.45) is 5.92 Å². The summed E-state index contributed by atoms with van der Waals surface area (Å²) in [4.78, 5) is 26.5. The number of hydrogen-bond donors (Lipinski definition) is 1. The van der Waals surface area contributed by atoms with E-state index in [1.807, 2.05) is 13.8 Å². The zero-order valence-corrected chi connectivity index (χ0v) is 13.2. The minimum absolute atomic E-state index is 0.0258. The van der Waals surface area contributed by atoms with E-state index < -0.39 is 6.04 Å². The van der Waals surface area contributed by atoms with Gasteiger partial charge in [0.05, 0.1) is 0 Å². The fourth-order valence-electron chi connectivity index (χ4n) is 2.24. The Bertz CT molecular complexity index is 512. The normalized spacial score (nSPS) is 16.8. The maximum Gasteiger partial charge on any atom is 0.251 e. The van der Waals surface area contributed by atoms with Crippen molar-refractivity contribution in [3.05, 3.63) is 34.9 Å². The van der Waals surface area contributed by atoms with Crippen LogP contribution in [0.2, 0.25) is 5.02 Å². The summed E-state index contributed by atoms with van der Waals surface area (Å²) in [5.74, 6) is -0.0990. The van der Waals surface area contributed by atoms with E-state index in [-0.39, 0.29) is 17.7 Å². The largest absolute Gasteiger partial charge is 0.341 e. The van der Waals surface area contributed by atoms with Gasteiger partial charge in [-0.1, -0.05) is 31.9 Å². The highest BCUT2D eigenvalue weighted by molar-refractivity contribution is 6.30. The Morgan fingerprint density at radius 3 is 2.38 bits per heavy atom. The average molecular weight is 309 g/mol. The smallest absolute Gasteiger partial charge is 0.251 e. The Balaban J connectivity index is 2.08. The fourth-order valence-corrected chi connectivity index (χ4v) is 2.37. The van der Waals surface area contributed by atoms with Gasteiger partial charge in [-0.2, -0.15) is 0 Å². The molecule has 21 heavy (non-hydrogen) atoms. The minimum Gasteiger partial charge on any atom is -0.341 e. The quantitative estimate of drug-likeness (QED) is 0.909. The number of rotatable bonds is 5. The number of benzene rings is 1. The zero-order valence-electron chi connectivity index (χ0n) is 12.4. The van der Waals surface area contributed by atoms with Crippen molar-refractivity contribution in [1.82, 2.24) is 10.2 Å². The second-order valence-electron chi connectivity index (χ2n) is 5.52. The highest BCUT2D eigenvalue weighted by atomic mass is 35.5. The summed E-state index contributed by atoms with van der Waals surface area (Å²) in [6.07, 6.45) is 1.88. The average Bonchev–Trinajstić information content (AvgIpc) is 2.42. The molecule has 2 atom stereocenters. The van der Waals surface area contributed by atoms with Gasteiger partial charge >= 0.3 is 0 Å². The monoisotopic (exact) mass is 308 g/mol. The molecule has 1 aromatic carbocycles. The van der Waals surface area contributed by atoms with Crippen LogP contribution in [0.1, 0.15) is 37.0 Å². The molecule has 0 radical (unpaired) electrons. The van der Waals surface area contributed by atoms with Gasteiger partial charge in [0, 0.05) is 23.7 Å². The Hall–Kier alpha value is -1.55. The molecule has 4 nitrogen and oxygen atoms in total. The number of nitrogens with zero attached hydrogens (tertiary/aromatic N) is 1. The zero-order chi connectivity index (χ0) is 15.4. The van der Waals surface area contributed by atoms with Crippen LogP contribution >= 0.6 is 11.6 Å². The van der Waals surface area contributed by atoms with Gasteiger partial charge in [0.25, 0.3) is 5.91 Å². The van der Waals surface area contributed by atoms with E-state index >= 15 is 0 Å². The molecule has 1 heterocycles. The molecule has 0 saturated carbocycles. The molecule has 0 aliphatic carbocycles. The molecule has 5 heteroatoms. The van der Waals surface area contributed by atoms with Gasteiger partial charge in [-0.15, -0.1) is 0 Å². The maximum atomic E-state index is 12.4. The molecular weight excluding hydrogens is 288 g/mol. The van der Waals surface area contributed by atoms with Gasteiger partial charge in [-0.25, -0.2) is 0 Å². The van der Waals surface area contributed by atoms with Crippen molar-refractivity contribution in [2.75, 3.05) is 13.1 Å². The number of amides is 2. The number of hydrogen-bond acceptors (Lipinski definition) is 2. The minimum atomic E-state index is -0.460. The molecule has 1 aliphatic rings. The van der Waals surface area contributed by atoms with Gasteiger partial charge < -0.3 is 10.2 Å². The summed E-state index contributed by atoms with van der Waals surface area (Å²) in [5, 5.41) is 3.46. The number of carbonyl (C=O) groups excluding carboxylic acids is 2. The number of likely N-dealkylation sites (tertiary alicyclic amines) is 1. The van der Waals surface area contributed by atoms with Crippen molar-refractivity contribution in [3.8, 4) is 0 Å². The number of nitrogens with one attached hydrogen (secondary N) is 1. The molecule has 2 unspecified atom stereocenters. The first-order chi connectivity index (χ1) is 10.0. The maximum absolute atomic E-state index is 12.4. The summed E-state index contributed by atoms with van der Waals surface area (Å²) in [7, 11) is 0. The van der Waals surface area contributed by atoms with Crippen LogP contribution in [0.25, 0.3) is 0 Å². The predicted molar refractivity (Wildman–Crippen MR) is 83.4 cm³/mol. The molecule has 0 bridgehead atoms. The van der Waals surface area contributed by atoms with Crippen molar-refractivity contribution in [1.29, 1.82) is 0 Å². The molecular formula is C16H21ClN2O2. The first-order valence-electron chi connectivity index (χ1n) is 7.38. The van der Waals surface area contributed by atoms with Crippen LogP contribution in [0.4, 0.5) is 0 Å². The third kappa shape index (κ3) is 3.76. The molecule has 2 rings (SSSR count). The Labute approximate surface area is 130 Å². The van der Waals surface area contributed by atoms with Gasteiger partial charge in [-0.05, 0) is 36.6 Å². The lowest BCUT2D eigenvalue weighted by atomic mass is 9.96. The van der Waals surface area contributed by atoms with E-state index in [1.54, 1.807) is 29.2 Å².